The summed E-state index contributed by atoms with van der Waals surface area (Å²) < 4.78 is 5.43. The number of pyridine rings is 1. The van der Waals surface area contributed by atoms with Crippen LogP contribution in [0.15, 0.2) is 12.1 Å². The molecule has 1 aromatic rings. The summed E-state index contributed by atoms with van der Waals surface area (Å²) in [6.45, 7) is 3.15. The van der Waals surface area contributed by atoms with Crippen LogP contribution in [0.5, 0.6) is 0 Å². The van der Waals surface area contributed by atoms with Gasteiger partial charge in [-0.05, 0) is 31.9 Å². The molecule has 1 atom stereocenters. The third-order valence-corrected chi connectivity index (χ3v) is 2.89. The highest BCUT2D eigenvalue weighted by Gasteiger charge is 2.16. The van der Waals surface area contributed by atoms with Gasteiger partial charge in [-0.3, -0.25) is 4.79 Å². The van der Waals surface area contributed by atoms with E-state index in [1.165, 1.54) is 0 Å². The van der Waals surface area contributed by atoms with Gasteiger partial charge in [0.15, 0.2) is 0 Å². The molecule has 1 aliphatic rings. The lowest BCUT2D eigenvalue weighted by Crippen LogP contribution is -2.31. The van der Waals surface area contributed by atoms with Crippen LogP contribution in [0.4, 0.5) is 0 Å². The third-order valence-electron chi connectivity index (χ3n) is 2.70. The third kappa shape index (κ3) is 3.41. The second-order valence-corrected chi connectivity index (χ2v) is 4.55. The van der Waals surface area contributed by atoms with Crippen molar-refractivity contribution in [2.45, 2.75) is 25.9 Å². The van der Waals surface area contributed by atoms with Crippen molar-refractivity contribution in [1.29, 1.82) is 0 Å². The fourth-order valence-electron chi connectivity index (χ4n) is 1.87. The van der Waals surface area contributed by atoms with E-state index >= 15 is 0 Å². The summed E-state index contributed by atoms with van der Waals surface area (Å²) in [6, 6.07) is 3.29. The standard InChI is InChI=1S/C12H15ClN2O2/c1-8-5-9(6-11(13)15-8)12(16)14-7-10-3-2-4-17-10/h5-6,10H,2-4,7H2,1H3,(H,14,16). The van der Waals surface area contributed by atoms with E-state index in [1.807, 2.05) is 6.92 Å². The SMILES string of the molecule is Cc1cc(C(=O)NCC2CCCO2)cc(Cl)n1. The maximum atomic E-state index is 11.9. The minimum Gasteiger partial charge on any atom is -0.376 e. The summed E-state index contributed by atoms with van der Waals surface area (Å²) in [4.78, 5) is 15.9. The Bertz CT molecular complexity index is 397. The number of carbonyl (C=O) groups excluding carboxylic acids is 1. The molecule has 1 fully saturated rings. The van der Waals surface area contributed by atoms with Crippen LogP contribution in [0.25, 0.3) is 0 Å². The molecule has 0 saturated carbocycles. The summed E-state index contributed by atoms with van der Waals surface area (Å²) >= 11 is 5.81. The Morgan fingerprint density at radius 2 is 2.47 bits per heavy atom. The lowest BCUT2D eigenvalue weighted by molar-refractivity contribution is 0.0857. The van der Waals surface area contributed by atoms with Crippen LogP contribution < -0.4 is 5.32 Å². The van der Waals surface area contributed by atoms with Crippen LogP contribution in [-0.2, 0) is 4.74 Å². The molecule has 1 aromatic heterocycles. The summed E-state index contributed by atoms with van der Waals surface area (Å²) in [5, 5.41) is 3.19. The largest absolute Gasteiger partial charge is 0.376 e. The van der Waals surface area contributed by atoms with Crippen LogP contribution >= 0.6 is 11.6 Å². The van der Waals surface area contributed by atoms with E-state index in [0.717, 1.165) is 25.1 Å². The number of halogens is 1. The van der Waals surface area contributed by atoms with Crippen LogP contribution in [0.2, 0.25) is 5.15 Å². The van der Waals surface area contributed by atoms with Gasteiger partial charge in [-0.2, -0.15) is 0 Å². The molecule has 0 spiro atoms. The van der Waals surface area contributed by atoms with Crippen molar-refractivity contribution < 1.29 is 9.53 Å². The molecule has 2 heterocycles. The number of hydrogen-bond donors (Lipinski definition) is 1. The monoisotopic (exact) mass is 254 g/mol. The summed E-state index contributed by atoms with van der Waals surface area (Å²) in [5.41, 5.74) is 1.28. The Morgan fingerprint density at radius 3 is 3.12 bits per heavy atom. The van der Waals surface area contributed by atoms with Gasteiger partial charge in [-0.15, -0.1) is 0 Å². The van der Waals surface area contributed by atoms with Gasteiger partial charge < -0.3 is 10.1 Å². The minimum absolute atomic E-state index is 0.132. The van der Waals surface area contributed by atoms with Gasteiger partial charge in [0, 0.05) is 24.4 Å². The quantitative estimate of drug-likeness (QED) is 0.839. The number of amides is 1. The van der Waals surface area contributed by atoms with Gasteiger partial charge in [0.2, 0.25) is 0 Å². The predicted octanol–water partition coefficient (Wildman–Crippen LogP) is 1.95. The average Bonchev–Trinajstić information content (AvgIpc) is 2.77. The Balaban J connectivity index is 1.94. The van der Waals surface area contributed by atoms with Crippen molar-refractivity contribution in [3.8, 4) is 0 Å². The first-order valence-corrected chi connectivity index (χ1v) is 6.07. The lowest BCUT2D eigenvalue weighted by Gasteiger charge is -2.11. The normalized spacial score (nSPS) is 19.3. The van der Waals surface area contributed by atoms with Crippen LogP contribution in [0.1, 0.15) is 28.9 Å². The molecule has 5 heteroatoms. The van der Waals surface area contributed by atoms with E-state index < -0.39 is 0 Å². The minimum atomic E-state index is -0.132. The maximum absolute atomic E-state index is 11.9. The van der Waals surface area contributed by atoms with Crippen molar-refractivity contribution in [2.75, 3.05) is 13.2 Å². The Morgan fingerprint density at radius 1 is 1.65 bits per heavy atom. The van der Waals surface area contributed by atoms with Crippen molar-refractivity contribution in [3.63, 3.8) is 0 Å². The molecule has 0 bridgehead atoms. The number of aromatic nitrogens is 1. The van der Waals surface area contributed by atoms with Gasteiger partial charge >= 0.3 is 0 Å². The number of nitrogens with one attached hydrogen (secondary N) is 1. The first-order valence-electron chi connectivity index (χ1n) is 5.69. The van der Waals surface area contributed by atoms with E-state index in [1.54, 1.807) is 12.1 Å². The average molecular weight is 255 g/mol. The fraction of sp³-hybridized carbons (Fsp3) is 0.500. The van der Waals surface area contributed by atoms with Crippen LogP contribution in [0, 0.1) is 6.92 Å². The molecule has 17 heavy (non-hydrogen) atoms. The van der Waals surface area contributed by atoms with E-state index in [2.05, 4.69) is 10.3 Å². The summed E-state index contributed by atoms with van der Waals surface area (Å²) in [6.07, 6.45) is 2.23. The topological polar surface area (TPSA) is 51.2 Å². The van der Waals surface area contributed by atoms with E-state index in [0.29, 0.717) is 17.3 Å². The molecule has 1 amide bonds. The number of aryl methyl sites for hydroxylation is 1. The number of rotatable bonds is 3. The van der Waals surface area contributed by atoms with E-state index in [9.17, 15) is 4.79 Å². The van der Waals surface area contributed by atoms with Gasteiger partial charge in [0.25, 0.3) is 5.91 Å². The van der Waals surface area contributed by atoms with Gasteiger partial charge in [0.05, 0.1) is 6.10 Å². The molecular formula is C12H15ClN2O2. The zero-order valence-corrected chi connectivity index (χ0v) is 10.5. The predicted molar refractivity (Wildman–Crippen MR) is 65.3 cm³/mol. The van der Waals surface area contributed by atoms with Crippen molar-refractivity contribution in [3.05, 3.63) is 28.5 Å². The number of ether oxygens (including phenoxy) is 1. The van der Waals surface area contributed by atoms with Crippen molar-refractivity contribution >= 4 is 17.5 Å². The molecule has 1 N–H and O–H groups in total. The molecule has 0 aliphatic carbocycles. The number of carbonyl (C=O) groups is 1. The fourth-order valence-corrected chi connectivity index (χ4v) is 2.12. The molecule has 0 aromatic carbocycles. The van der Waals surface area contributed by atoms with Gasteiger partial charge in [0.1, 0.15) is 5.15 Å². The zero-order valence-electron chi connectivity index (χ0n) is 9.70. The maximum Gasteiger partial charge on any atom is 0.251 e. The molecule has 1 aliphatic heterocycles. The van der Waals surface area contributed by atoms with Gasteiger partial charge in [-0.1, -0.05) is 11.6 Å². The summed E-state index contributed by atoms with van der Waals surface area (Å²) in [7, 11) is 0. The van der Waals surface area contributed by atoms with Crippen molar-refractivity contribution in [2.24, 2.45) is 0 Å². The Labute approximate surface area is 105 Å². The van der Waals surface area contributed by atoms with Crippen LogP contribution in [-0.4, -0.2) is 30.1 Å². The molecule has 2 rings (SSSR count). The highest BCUT2D eigenvalue weighted by molar-refractivity contribution is 6.29. The Kier molecular flexibility index (Phi) is 3.97. The van der Waals surface area contributed by atoms with E-state index in [-0.39, 0.29) is 12.0 Å². The molecule has 0 radical (unpaired) electrons. The molecule has 4 nitrogen and oxygen atoms in total. The lowest BCUT2D eigenvalue weighted by atomic mass is 10.2. The zero-order chi connectivity index (χ0) is 12.3. The van der Waals surface area contributed by atoms with Crippen LogP contribution in [0.3, 0.4) is 0 Å². The highest BCUT2D eigenvalue weighted by Crippen LogP contribution is 2.12. The van der Waals surface area contributed by atoms with Gasteiger partial charge in [-0.25, -0.2) is 4.98 Å². The van der Waals surface area contributed by atoms with Crippen molar-refractivity contribution in [1.82, 2.24) is 10.3 Å². The number of nitrogens with zero attached hydrogens (tertiary/aromatic N) is 1. The second kappa shape index (κ2) is 5.47. The molecule has 1 saturated heterocycles. The molecular weight excluding hydrogens is 240 g/mol. The first kappa shape index (κ1) is 12.3. The molecule has 1 unspecified atom stereocenters. The van der Waals surface area contributed by atoms with E-state index in [4.69, 9.17) is 16.3 Å². The number of hydrogen-bond acceptors (Lipinski definition) is 3. The smallest absolute Gasteiger partial charge is 0.251 e. The first-order chi connectivity index (χ1) is 8.15. The highest BCUT2D eigenvalue weighted by atomic mass is 35.5. The summed E-state index contributed by atoms with van der Waals surface area (Å²) in [5.74, 6) is -0.132. The Hall–Kier alpha value is -1.13. The second-order valence-electron chi connectivity index (χ2n) is 4.16. The molecule has 92 valence electrons.